The topological polar surface area (TPSA) is 51.2 Å². The predicted molar refractivity (Wildman–Crippen MR) is 111 cm³/mol. The quantitative estimate of drug-likeness (QED) is 0.831. The van der Waals surface area contributed by atoms with Crippen molar-refractivity contribution in [3.63, 3.8) is 0 Å². The van der Waals surface area contributed by atoms with Gasteiger partial charge in [0, 0.05) is 26.2 Å². The summed E-state index contributed by atoms with van der Waals surface area (Å²) in [6, 6.07) is 12.7. The Morgan fingerprint density at radius 1 is 1.00 bits per heavy atom. The molecular formula is C23H29NO4. The minimum absolute atomic E-state index is 0.297. The molecule has 0 aromatic heterocycles. The molecule has 1 unspecified atom stereocenters. The monoisotopic (exact) mass is 383 g/mol. The highest BCUT2D eigenvalue weighted by atomic mass is 16.5. The van der Waals surface area contributed by atoms with E-state index in [1.54, 1.807) is 0 Å². The molecule has 0 aliphatic carbocycles. The van der Waals surface area contributed by atoms with E-state index in [9.17, 15) is 5.11 Å². The van der Waals surface area contributed by atoms with Crippen molar-refractivity contribution < 1.29 is 19.3 Å². The summed E-state index contributed by atoms with van der Waals surface area (Å²) in [5.74, 6) is 0.795. The summed E-state index contributed by atoms with van der Waals surface area (Å²) in [7, 11) is 0. The number of ether oxygens (including phenoxy) is 3. The molecule has 2 aromatic carbocycles. The van der Waals surface area contributed by atoms with Gasteiger partial charge in [-0.25, -0.2) is 0 Å². The number of rotatable bonds is 6. The Kier molecular flexibility index (Phi) is 6.60. The molecule has 2 aliphatic rings. The van der Waals surface area contributed by atoms with Gasteiger partial charge in [-0.3, -0.25) is 4.90 Å². The minimum atomic E-state index is -0.507. The maximum absolute atomic E-state index is 10.4. The van der Waals surface area contributed by atoms with Gasteiger partial charge in [-0.05, 0) is 52.9 Å². The van der Waals surface area contributed by atoms with E-state index in [0.29, 0.717) is 19.8 Å². The fourth-order valence-corrected chi connectivity index (χ4v) is 3.83. The molecule has 2 aromatic rings. The van der Waals surface area contributed by atoms with E-state index in [0.717, 1.165) is 56.9 Å². The van der Waals surface area contributed by atoms with Crippen molar-refractivity contribution in [1.29, 1.82) is 0 Å². The van der Waals surface area contributed by atoms with E-state index in [1.807, 2.05) is 6.07 Å². The Balaban J connectivity index is 1.38. The van der Waals surface area contributed by atoms with Gasteiger partial charge in [0.2, 0.25) is 0 Å². The lowest BCUT2D eigenvalue weighted by Crippen LogP contribution is -2.37. The summed E-state index contributed by atoms with van der Waals surface area (Å²) in [4.78, 5) is 2.25. The van der Waals surface area contributed by atoms with Crippen LogP contribution in [0, 0.1) is 0 Å². The molecule has 0 radical (unpaired) electrons. The minimum Gasteiger partial charge on any atom is -0.491 e. The second-order valence-corrected chi connectivity index (χ2v) is 7.51. The lowest BCUT2D eigenvalue weighted by atomic mass is 9.98. The number of fused-ring (bicyclic) bond motifs is 1. The second kappa shape index (κ2) is 9.52. The maximum Gasteiger partial charge on any atom is 0.120 e. The van der Waals surface area contributed by atoms with Crippen molar-refractivity contribution >= 4 is 16.3 Å². The first-order valence-corrected chi connectivity index (χ1v) is 10.2. The molecular weight excluding hydrogens is 354 g/mol. The molecule has 1 atom stereocenters. The van der Waals surface area contributed by atoms with Crippen LogP contribution < -0.4 is 4.74 Å². The molecule has 5 nitrogen and oxygen atoms in total. The van der Waals surface area contributed by atoms with Crippen LogP contribution in [0.3, 0.4) is 0 Å². The van der Waals surface area contributed by atoms with E-state index in [1.165, 1.54) is 16.5 Å². The van der Waals surface area contributed by atoms with Gasteiger partial charge in [0.15, 0.2) is 0 Å². The van der Waals surface area contributed by atoms with E-state index in [2.05, 4.69) is 41.3 Å². The molecule has 2 heterocycles. The van der Waals surface area contributed by atoms with Crippen molar-refractivity contribution in [3.05, 3.63) is 48.0 Å². The Bertz CT molecular complexity index is 811. The smallest absolute Gasteiger partial charge is 0.120 e. The van der Waals surface area contributed by atoms with Gasteiger partial charge >= 0.3 is 0 Å². The fraction of sp³-hybridized carbons (Fsp3) is 0.478. The van der Waals surface area contributed by atoms with Gasteiger partial charge < -0.3 is 19.3 Å². The number of aliphatic hydroxyl groups excluding tert-OH is 1. The Morgan fingerprint density at radius 3 is 2.82 bits per heavy atom. The zero-order valence-corrected chi connectivity index (χ0v) is 16.3. The highest BCUT2D eigenvalue weighted by molar-refractivity contribution is 5.87. The molecule has 28 heavy (non-hydrogen) atoms. The second-order valence-electron chi connectivity index (χ2n) is 7.51. The first kappa shape index (κ1) is 19.4. The lowest BCUT2D eigenvalue weighted by molar-refractivity contribution is 0.0659. The molecule has 150 valence electrons. The van der Waals surface area contributed by atoms with Crippen LogP contribution in [0.1, 0.15) is 18.4 Å². The van der Waals surface area contributed by atoms with Crippen LogP contribution in [-0.2, 0) is 9.47 Å². The number of aliphatic hydroxyl groups is 1. The lowest BCUT2D eigenvalue weighted by Gasteiger charge is -2.22. The summed E-state index contributed by atoms with van der Waals surface area (Å²) in [6.45, 7) is 5.79. The molecule has 0 saturated carbocycles. The van der Waals surface area contributed by atoms with Crippen LogP contribution in [0.2, 0.25) is 0 Å². The van der Waals surface area contributed by atoms with Crippen LogP contribution in [-0.4, -0.2) is 68.8 Å². The molecule has 0 bridgehead atoms. The summed E-state index contributed by atoms with van der Waals surface area (Å²) in [5, 5.41) is 12.7. The summed E-state index contributed by atoms with van der Waals surface area (Å²) in [5.41, 5.74) is 2.59. The molecule has 1 saturated heterocycles. The van der Waals surface area contributed by atoms with Crippen molar-refractivity contribution in [3.8, 4) is 5.75 Å². The zero-order valence-electron chi connectivity index (χ0n) is 16.3. The average molecular weight is 383 g/mol. The third-order valence-electron chi connectivity index (χ3n) is 5.37. The third kappa shape index (κ3) is 5.11. The summed E-state index contributed by atoms with van der Waals surface area (Å²) >= 11 is 0. The highest BCUT2D eigenvalue weighted by Gasteiger charge is 2.15. The number of benzene rings is 2. The van der Waals surface area contributed by atoms with Gasteiger partial charge in [0.25, 0.3) is 0 Å². The normalized spacial score (nSPS) is 19.8. The van der Waals surface area contributed by atoms with E-state index in [4.69, 9.17) is 14.2 Å². The van der Waals surface area contributed by atoms with Crippen molar-refractivity contribution in [2.75, 3.05) is 52.7 Å². The fourth-order valence-electron chi connectivity index (χ4n) is 3.83. The third-order valence-corrected chi connectivity index (χ3v) is 5.37. The Morgan fingerprint density at radius 2 is 1.93 bits per heavy atom. The number of hydrogen-bond donors (Lipinski definition) is 1. The standard InChI is InChI=1S/C23H29NO4/c25-22(16-24-8-1-10-26-13-9-24)17-28-23-5-4-18-2-3-20(14-21(18)15-23)19-6-11-27-12-7-19/h2-6,14-15,22,25H,1,7-13,16-17H2. The molecule has 1 N–H and O–H groups in total. The van der Waals surface area contributed by atoms with Crippen molar-refractivity contribution in [1.82, 2.24) is 4.90 Å². The molecule has 5 heteroatoms. The molecule has 0 amide bonds. The van der Waals surface area contributed by atoms with Crippen LogP contribution in [0.4, 0.5) is 0 Å². The largest absolute Gasteiger partial charge is 0.491 e. The Hall–Kier alpha value is -1.92. The van der Waals surface area contributed by atoms with E-state index >= 15 is 0 Å². The van der Waals surface area contributed by atoms with Gasteiger partial charge in [-0.15, -0.1) is 0 Å². The molecule has 2 aliphatic heterocycles. The van der Waals surface area contributed by atoms with Crippen LogP contribution in [0.25, 0.3) is 16.3 Å². The molecule has 0 spiro atoms. The van der Waals surface area contributed by atoms with Gasteiger partial charge in [0.05, 0.1) is 19.8 Å². The summed E-state index contributed by atoms with van der Waals surface area (Å²) in [6.07, 6.45) is 3.63. The number of β-amino-alcohol motifs (C(OH)–C–C–N with tert-alkyl or cyclic N) is 1. The van der Waals surface area contributed by atoms with Crippen molar-refractivity contribution in [2.45, 2.75) is 18.9 Å². The number of hydrogen-bond acceptors (Lipinski definition) is 5. The maximum atomic E-state index is 10.4. The number of nitrogens with zero attached hydrogens (tertiary/aromatic N) is 1. The zero-order chi connectivity index (χ0) is 19.2. The Labute approximate surface area is 166 Å². The van der Waals surface area contributed by atoms with Crippen molar-refractivity contribution in [2.24, 2.45) is 0 Å². The highest BCUT2D eigenvalue weighted by Crippen LogP contribution is 2.27. The van der Waals surface area contributed by atoms with Crippen LogP contribution in [0.5, 0.6) is 5.75 Å². The van der Waals surface area contributed by atoms with Crippen LogP contribution in [0.15, 0.2) is 42.5 Å². The summed E-state index contributed by atoms with van der Waals surface area (Å²) < 4.78 is 16.8. The first-order chi connectivity index (χ1) is 13.8. The first-order valence-electron chi connectivity index (χ1n) is 10.2. The predicted octanol–water partition coefficient (Wildman–Crippen LogP) is 3.11. The van der Waals surface area contributed by atoms with Gasteiger partial charge in [0.1, 0.15) is 18.5 Å². The van der Waals surface area contributed by atoms with E-state index in [-0.39, 0.29) is 0 Å². The van der Waals surface area contributed by atoms with E-state index < -0.39 is 6.10 Å². The van der Waals surface area contributed by atoms with Gasteiger partial charge in [-0.2, -0.15) is 0 Å². The average Bonchev–Trinajstić information content (AvgIpc) is 3.01. The van der Waals surface area contributed by atoms with Gasteiger partial charge in [-0.1, -0.05) is 24.3 Å². The SMILES string of the molecule is OC(COc1ccc2ccc(C3=CCOCC3)cc2c1)CN1CCCOCC1. The van der Waals surface area contributed by atoms with Crippen LogP contribution >= 0.6 is 0 Å². The molecule has 4 rings (SSSR count). The molecule has 1 fully saturated rings.